The number of benzene rings is 2. The summed E-state index contributed by atoms with van der Waals surface area (Å²) in [6.07, 6.45) is 5.81. The van der Waals surface area contributed by atoms with Gasteiger partial charge in [-0.15, -0.1) is 6.42 Å². The van der Waals surface area contributed by atoms with Crippen LogP contribution in [-0.2, 0) is 19.1 Å². The number of rotatable bonds is 5. The summed E-state index contributed by atoms with van der Waals surface area (Å²) < 4.78 is 10.7. The molecule has 2 aliphatic heterocycles. The van der Waals surface area contributed by atoms with Gasteiger partial charge in [-0.1, -0.05) is 5.92 Å². The average Bonchev–Trinajstić information content (AvgIpc) is 3.30. The molecule has 2 saturated heterocycles. The maximum atomic E-state index is 13.2. The van der Waals surface area contributed by atoms with Gasteiger partial charge in [0.05, 0.1) is 12.7 Å². The molecule has 176 valence electrons. The normalized spacial score (nSPS) is 20.1. The highest BCUT2D eigenvalue weighted by molar-refractivity contribution is 7.80. The highest BCUT2D eigenvalue weighted by Crippen LogP contribution is 2.25. The number of amides is 2. The van der Waals surface area contributed by atoms with E-state index in [1.54, 1.807) is 24.1 Å². The number of likely N-dealkylation sites (tertiary alicyclic amines) is 1. The molecule has 0 aliphatic carbocycles. The summed E-state index contributed by atoms with van der Waals surface area (Å²) in [6.45, 7) is 1.60. The van der Waals surface area contributed by atoms with Gasteiger partial charge in [0.2, 0.25) is 5.91 Å². The lowest BCUT2D eigenvalue weighted by Gasteiger charge is -2.27. The highest BCUT2D eigenvalue weighted by Gasteiger charge is 2.38. The van der Waals surface area contributed by atoms with Gasteiger partial charge >= 0.3 is 0 Å². The van der Waals surface area contributed by atoms with E-state index in [4.69, 9.17) is 28.1 Å². The smallest absolute Gasteiger partial charge is 0.253 e. The Labute approximate surface area is 204 Å². The third kappa shape index (κ3) is 5.37. The van der Waals surface area contributed by atoms with E-state index >= 15 is 0 Å². The second-order valence-electron chi connectivity index (χ2n) is 8.05. The molecule has 2 aromatic rings. The van der Waals surface area contributed by atoms with Crippen molar-refractivity contribution in [2.45, 2.75) is 18.6 Å². The van der Waals surface area contributed by atoms with Crippen molar-refractivity contribution in [3.05, 3.63) is 54.1 Å². The Morgan fingerprint density at radius 1 is 1.15 bits per heavy atom. The van der Waals surface area contributed by atoms with Crippen molar-refractivity contribution in [1.29, 1.82) is 0 Å². The molecule has 2 N–H and O–H groups in total. The number of hydrogen-bond donors (Lipinski definition) is 2. The van der Waals surface area contributed by atoms with Gasteiger partial charge in [0.1, 0.15) is 12.6 Å². The van der Waals surface area contributed by atoms with Crippen LogP contribution in [0.2, 0.25) is 0 Å². The fourth-order valence-corrected chi connectivity index (χ4v) is 4.35. The molecule has 2 fully saturated rings. The molecule has 9 heteroatoms. The zero-order valence-electron chi connectivity index (χ0n) is 18.8. The van der Waals surface area contributed by atoms with Crippen LogP contribution in [-0.4, -0.2) is 67.4 Å². The quantitative estimate of drug-likeness (QED) is 0.505. The van der Waals surface area contributed by atoms with Crippen molar-refractivity contribution in [3.8, 4) is 12.3 Å². The van der Waals surface area contributed by atoms with E-state index in [0.717, 1.165) is 16.9 Å². The van der Waals surface area contributed by atoms with Gasteiger partial charge in [0, 0.05) is 49.2 Å². The number of hydrogen-bond acceptors (Lipinski definition) is 5. The van der Waals surface area contributed by atoms with E-state index in [-0.39, 0.29) is 24.5 Å². The first-order valence-corrected chi connectivity index (χ1v) is 11.4. The molecular weight excluding hydrogens is 452 g/mol. The van der Waals surface area contributed by atoms with Crippen molar-refractivity contribution in [2.24, 2.45) is 0 Å². The van der Waals surface area contributed by atoms with Crippen molar-refractivity contribution in [3.63, 3.8) is 0 Å². The molecule has 0 unspecified atom stereocenters. The molecule has 2 heterocycles. The Kier molecular flexibility index (Phi) is 7.43. The molecule has 34 heavy (non-hydrogen) atoms. The second-order valence-corrected chi connectivity index (χ2v) is 8.43. The molecule has 0 saturated carbocycles. The molecule has 2 atom stereocenters. The number of terminal acetylenes is 1. The second kappa shape index (κ2) is 10.7. The summed E-state index contributed by atoms with van der Waals surface area (Å²) in [5.41, 5.74) is 2.98. The molecular formula is C25H26N4O4S. The number of nitrogens with one attached hydrogen (secondary N) is 2. The molecule has 0 spiro atoms. The Morgan fingerprint density at radius 3 is 2.47 bits per heavy atom. The van der Waals surface area contributed by atoms with Gasteiger partial charge in [-0.05, 0) is 60.7 Å². The first kappa shape index (κ1) is 23.7. The monoisotopic (exact) mass is 478 g/mol. The van der Waals surface area contributed by atoms with Gasteiger partial charge in [-0.3, -0.25) is 9.59 Å². The summed E-state index contributed by atoms with van der Waals surface area (Å²) in [7, 11) is 1.63. The summed E-state index contributed by atoms with van der Waals surface area (Å²) in [6, 6.07) is 14.1. The number of ether oxygens (including phenoxy) is 2. The first-order chi connectivity index (χ1) is 16.5. The van der Waals surface area contributed by atoms with Crippen molar-refractivity contribution >= 4 is 46.2 Å². The van der Waals surface area contributed by atoms with Gasteiger partial charge in [0.25, 0.3) is 5.91 Å². The minimum atomic E-state index is -0.490. The van der Waals surface area contributed by atoms with Crippen molar-refractivity contribution in [1.82, 2.24) is 4.90 Å². The Bertz CT molecular complexity index is 1100. The minimum Gasteiger partial charge on any atom is -0.380 e. The maximum absolute atomic E-state index is 13.2. The summed E-state index contributed by atoms with van der Waals surface area (Å²) in [5.74, 6) is 2.32. The first-order valence-electron chi connectivity index (χ1n) is 10.9. The number of anilines is 3. The van der Waals surface area contributed by atoms with Crippen LogP contribution in [0.5, 0.6) is 0 Å². The number of thiocarbonyl (C=S) groups is 1. The Hall–Kier alpha value is -3.45. The van der Waals surface area contributed by atoms with Crippen molar-refractivity contribution < 1.29 is 19.1 Å². The molecule has 2 aromatic carbocycles. The van der Waals surface area contributed by atoms with Crippen LogP contribution in [0, 0.1) is 12.3 Å². The predicted molar refractivity (Wildman–Crippen MR) is 135 cm³/mol. The molecule has 0 radical (unpaired) electrons. The van der Waals surface area contributed by atoms with Crippen LogP contribution in [0.3, 0.4) is 0 Å². The van der Waals surface area contributed by atoms with E-state index < -0.39 is 6.04 Å². The molecule has 2 amide bonds. The number of morpholine rings is 1. The number of carbonyl (C=O) groups excluding carboxylic acids is 2. The molecule has 0 bridgehead atoms. The summed E-state index contributed by atoms with van der Waals surface area (Å²) in [4.78, 5) is 28.7. The van der Waals surface area contributed by atoms with Crippen LogP contribution >= 0.6 is 12.2 Å². The number of methoxy groups -OCH3 is 1. The topological polar surface area (TPSA) is 83.1 Å². The van der Waals surface area contributed by atoms with E-state index in [9.17, 15) is 9.59 Å². The molecule has 8 nitrogen and oxygen atoms in total. The average molecular weight is 479 g/mol. The third-order valence-electron chi connectivity index (χ3n) is 5.89. The van der Waals surface area contributed by atoms with Gasteiger partial charge in [0.15, 0.2) is 5.11 Å². The van der Waals surface area contributed by atoms with E-state index in [1.165, 1.54) is 0 Å². The number of nitrogens with zero attached hydrogens (tertiary/aromatic N) is 2. The summed E-state index contributed by atoms with van der Waals surface area (Å²) in [5, 5.41) is 6.58. The van der Waals surface area contributed by atoms with Crippen LogP contribution < -0.4 is 15.5 Å². The van der Waals surface area contributed by atoms with Gasteiger partial charge < -0.3 is 29.9 Å². The fraction of sp³-hybridized carbons (Fsp3) is 0.320. The molecule has 2 aliphatic rings. The lowest BCUT2D eigenvalue weighted by molar-refractivity contribution is -0.125. The molecule has 4 rings (SSSR count). The highest BCUT2D eigenvalue weighted by atomic mass is 32.1. The fourth-order valence-electron chi connectivity index (χ4n) is 4.03. The van der Waals surface area contributed by atoms with E-state index in [2.05, 4.69) is 16.6 Å². The number of carbonyl (C=O) groups is 2. The summed E-state index contributed by atoms with van der Waals surface area (Å²) >= 11 is 5.61. The maximum Gasteiger partial charge on any atom is 0.253 e. The lowest BCUT2D eigenvalue weighted by Crippen LogP contribution is -2.45. The van der Waals surface area contributed by atoms with E-state index in [0.29, 0.717) is 36.9 Å². The molecule has 0 aromatic heterocycles. The van der Waals surface area contributed by atoms with Gasteiger partial charge in [-0.2, -0.15) is 0 Å². The third-order valence-corrected chi connectivity index (χ3v) is 6.23. The SMILES string of the molecule is C#Cc1ccc(NC(=S)N2C[C@H](OC)C[C@@H]2C(=O)Nc2ccc(N3CCOCC3=O)cc2)cc1. The van der Waals surface area contributed by atoms with Crippen LogP contribution in [0.15, 0.2) is 48.5 Å². The standard InChI is InChI=1S/C25H26N4O4S/c1-3-17-4-6-19(7-5-17)27-25(34)29-15-21(32-2)14-22(29)24(31)26-18-8-10-20(11-9-18)28-12-13-33-16-23(28)30/h1,4-11,21-22H,12-16H2,2H3,(H,26,31)(H,27,34)/t21-,22-/m1/s1. The van der Waals surface area contributed by atoms with Gasteiger partial charge in [-0.25, -0.2) is 0 Å². The zero-order chi connectivity index (χ0) is 24.1. The Morgan fingerprint density at radius 2 is 1.82 bits per heavy atom. The largest absolute Gasteiger partial charge is 0.380 e. The van der Waals surface area contributed by atoms with Crippen LogP contribution in [0.4, 0.5) is 17.1 Å². The lowest BCUT2D eigenvalue weighted by atomic mass is 10.1. The Balaban J connectivity index is 1.42. The van der Waals surface area contributed by atoms with Crippen LogP contribution in [0.25, 0.3) is 0 Å². The van der Waals surface area contributed by atoms with Crippen LogP contribution in [0.1, 0.15) is 12.0 Å². The minimum absolute atomic E-state index is 0.0785. The zero-order valence-corrected chi connectivity index (χ0v) is 19.6. The predicted octanol–water partition coefficient (Wildman–Crippen LogP) is 2.46. The van der Waals surface area contributed by atoms with Crippen molar-refractivity contribution in [2.75, 3.05) is 48.9 Å². The van der Waals surface area contributed by atoms with E-state index in [1.807, 2.05) is 41.3 Å².